The molecule has 28 heavy (non-hydrogen) atoms. The SMILES string of the molecule is O=C(CN1C(=O)c2ccccc2Sc2ncccc21)NCCc1ccncc1. The Hall–Kier alpha value is -3.19. The van der Waals surface area contributed by atoms with Crippen LogP contribution in [0.15, 0.2) is 77.0 Å². The quantitative estimate of drug-likeness (QED) is 0.725. The van der Waals surface area contributed by atoms with Gasteiger partial charge in [0.1, 0.15) is 11.6 Å². The van der Waals surface area contributed by atoms with E-state index >= 15 is 0 Å². The molecular weight excluding hydrogens is 372 g/mol. The van der Waals surface area contributed by atoms with E-state index in [2.05, 4.69) is 15.3 Å². The summed E-state index contributed by atoms with van der Waals surface area (Å²) in [5.41, 5.74) is 2.33. The van der Waals surface area contributed by atoms with Gasteiger partial charge < -0.3 is 5.32 Å². The van der Waals surface area contributed by atoms with Gasteiger partial charge in [-0.25, -0.2) is 4.98 Å². The predicted molar refractivity (Wildman–Crippen MR) is 107 cm³/mol. The lowest BCUT2D eigenvalue weighted by Crippen LogP contribution is -2.41. The summed E-state index contributed by atoms with van der Waals surface area (Å²) in [6.07, 6.45) is 5.86. The fourth-order valence-corrected chi connectivity index (χ4v) is 4.03. The maximum atomic E-state index is 13.1. The van der Waals surface area contributed by atoms with E-state index in [1.54, 1.807) is 30.7 Å². The monoisotopic (exact) mass is 390 g/mol. The van der Waals surface area contributed by atoms with Gasteiger partial charge >= 0.3 is 0 Å². The van der Waals surface area contributed by atoms with Crippen LogP contribution in [-0.4, -0.2) is 34.9 Å². The second-order valence-corrected chi connectivity index (χ2v) is 7.30. The van der Waals surface area contributed by atoms with E-state index in [4.69, 9.17) is 0 Å². The number of aromatic nitrogens is 2. The molecular formula is C21H18N4O2S. The molecule has 6 nitrogen and oxygen atoms in total. The van der Waals surface area contributed by atoms with Gasteiger partial charge in [0.15, 0.2) is 0 Å². The molecule has 2 aromatic heterocycles. The first-order valence-electron chi connectivity index (χ1n) is 8.92. The predicted octanol–water partition coefficient (Wildman–Crippen LogP) is 2.95. The van der Waals surface area contributed by atoms with Crippen molar-refractivity contribution >= 4 is 29.3 Å². The molecule has 3 aromatic rings. The van der Waals surface area contributed by atoms with Crippen LogP contribution in [0.25, 0.3) is 0 Å². The van der Waals surface area contributed by atoms with Crippen LogP contribution in [0.3, 0.4) is 0 Å². The number of carbonyl (C=O) groups excluding carboxylic acids is 2. The molecule has 7 heteroatoms. The largest absolute Gasteiger partial charge is 0.354 e. The average molecular weight is 390 g/mol. The summed E-state index contributed by atoms with van der Waals surface area (Å²) < 4.78 is 0. The van der Waals surface area contributed by atoms with Crippen molar-refractivity contribution in [1.29, 1.82) is 0 Å². The van der Waals surface area contributed by atoms with Gasteiger partial charge in [-0.05, 0) is 48.4 Å². The van der Waals surface area contributed by atoms with Crippen LogP contribution >= 0.6 is 11.8 Å². The Labute approximate surface area is 167 Å². The van der Waals surface area contributed by atoms with Crippen LogP contribution in [0.5, 0.6) is 0 Å². The number of carbonyl (C=O) groups is 2. The number of nitrogens with one attached hydrogen (secondary N) is 1. The van der Waals surface area contributed by atoms with Crippen LogP contribution in [0.2, 0.25) is 0 Å². The normalized spacial score (nSPS) is 12.7. The van der Waals surface area contributed by atoms with Crippen LogP contribution < -0.4 is 10.2 Å². The summed E-state index contributed by atoms with van der Waals surface area (Å²) in [6.45, 7) is 0.443. The van der Waals surface area contributed by atoms with Crippen molar-refractivity contribution in [2.75, 3.05) is 18.0 Å². The molecule has 1 aliphatic rings. The van der Waals surface area contributed by atoms with Crippen LogP contribution in [0.1, 0.15) is 15.9 Å². The number of benzene rings is 1. The van der Waals surface area contributed by atoms with E-state index in [9.17, 15) is 9.59 Å². The van der Waals surface area contributed by atoms with E-state index in [-0.39, 0.29) is 18.4 Å². The van der Waals surface area contributed by atoms with E-state index in [0.717, 1.165) is 10.5 Å². The fourth-order valence-electron chi connectivity index (χ4n) is 3.01. The summed E-state index contributed by atoms with van der Waals surface area (Å²) in [4.78, 5) is 36.4. The first kappa shape index (κ1) is 18.2. The highest BCUT2D eigenvalue weighted by Gasteiger charge is 2.29. The van der Waals surface area contributed by atoms with Crippen molar-refractivity contribution in [3.05, 3.63) is 78.2 Å². The number of rotatable bonds is 5. The van der Waals surface area contributed by atoms with Crippen LogP contribution in [-0.2, 0) is 11.2 Å². The lowest BCUT2D eigenvalue weighted by Gasteiger charge is -2.22. The van der Waals surface area contributed by atoms with E-state index in [0.29, 0.717) is 29.2 Å². The Kier molecular flexibility index (Phi) is 5.34. The minimum atomic E-state index is -0.207. The zero-order valence-electron chi connectivity index (χ0n) is 15.0. The van der Waals surface area contributed by atoms with Gasteiger partial charge in [-0.3, -0.25) is 19.5 Å². The Morgan fingerprint density at radius 2 is 1.86 bits per heavy atom. The van der Waals surface area contributed by atoms with Gasteiger partial charge in [0, 0.05) is 30.0 Å². The summed E-state index contributed by atoms with van der Waals surface area (Å²) >= 11 is 1.44. The minimum absolute atomic E-state index is 0.0528. The third kappa shape index (κ3) is 3.89. The van der Waals surface area contributed by atoms with Crippen LogP contribution in [0, 0.1) is 0 Å². The zero-order chi connectivity index (χ0) is 19.3. The van der Waals surface area contributed by atoms with Crippen molar-refractivity contribution in [1.82, 2.24) is 15.3 Å². The first-order valence-corrected chi connectivity index (χ1v) is 9.73. The van der Waals surface area contributed by atoms with Gasteiger partial charge in [-0.15, -0.1) is 0 Å². The average Bonchev–Trinajstić information content (AvgIpc) is 2.84. The number of anilines is 1. The second kappa shape index (κ2) is 8.22. The molecule has 0 saturated carbocycles. The maximum absolute atomic E-state index is 13.1. The number of pyridine rings is 2. The smallest absolute Gasteiger partial charge is 0.259 e. The third-order valence-corrected chi connectivity index (χ3v) is 5.48. The van der Waals surface area contributed by atoms with Crippen molar-refractivity contribution in [2.45, 2.75) is 16.3 Å². The molecule has 0 fully saturated rings. The summed E-state index contributed by atoms with van der Waals surface area (Å²) in [6, 6.07) is 14.8. The Balaban J connectivity index is 1.51. The standard InChI is InChI=1S/C21H18N4O2S/c26-19(23-13-9-15-7-11-22-12-8-15)14-25-17-5-3-10-24-20(17)28-18-6-2-1-4-16(18)21(25)27/h1-8,10-12H,9,13-14H2,(H,23,26). The lowest BCUT2D eigenvalue weighted by atomic mass is 10.2. The Bertz CT molecular complexity index is 1010. The van der Waals surface area contributed by atoms with Gasteiger partial charge in [-0.1, -0.05) is 23.9 Å². The van der Waals surface area contributed by atoms with Gasteiger partial charge in [-0.2, -0.15) is 0 Å². The maximum Gasteiger partial charge on any atom is 0.259 e. The molecule has 1 aromatic carbocycles. The van der Waals surface area contributed by atoms with E-state index in [1.165, 1.54) is 16.7 Å². The molecule has 0 aliphatic carbocycles. The van der Waals surface area contributed by atoms with Gasteiger partial charge in [0.25, 0.3) is 5.91 Å². The van der Waals surface area contributed by atoms with Crippen molar-refractivity contribution in [3.63, 3.8) is 0 Å². The number of amides is 2. The highest BCUT2D eigenvalue weighted by Crippen LogP contribution is 2.39. The number of hydrogen-bond donors (Lipinski definition) is 1. The number of fused-ring (bicyclic) bond motifs is 2. The van der Waals surface area contributed by atoms with Crippen molar-refractivity contribution in [2.24, 2.45) is 0 Å². The van der Waals surface area contributed by atoms with Crippen molar-refractivity contribution in [3.8, 4) is 0 Å². The van der Waals surface area contributed by atoms with Crippen molar-refractivity contribution < 1.29 is 9.59 Å². The summed E-state index contributed by atoms with van der Waals surface area (Å²) in [5.74, 6) is -0.402. The molecule has 3 heterocycles. The molecule has 0 saturated heterocycles. The van der Waals surface area contributed by atoms with E-state index in [1.807, 2.05) is 36.4 Å². The molecule has 0 unspecified atom stereocenters. The lowest BCUT2D eigenvalue weighted by molar-refractivity contribution is -0.119. The molecule has 0 atom stereocenters. The fraction of sp³-hybridized carbons (Fsp3) is 0.143. The third-order valence-electron chi connectivity index (χ3n) is 4.40. The zero-order valence-corrected chi connectivity index (χ0v) is 15.9. The first-order chi connectivity index (χ1) is 13.7. The Morgan fingerprint density at radius 1 is 1.04 bits per heavy atom. The molecule has 1 N–H and O–H groups in total. The molecule has 4 rings (SSSR count). The van der Waals surface area contributed by atoms with Gasteiger partial charge in [0.2, 0.25) is 5.91 Å². The minimum Gasteiger partial charge on any atom is -0.354 e. The molecule has 0 bridgehead atoms. The van der Waals surface area contributed by atoms with Crippen LogP contribution in [0.4, 0.5) is 5.69 Å². The van der Waals surface area contributed by atoms with E-state index < -0.39 is 0 Å². The topological polar surface area (TPSA) is 75.2 Å². The molecule has 0 radical (unpaired) electrons. The Morgan fingerprint density at radius 3 is 2.71 bits per heavy atom. The highest BCUT2D eigenvalue weighted by molar-refractivity contribution is 7.99. The molecule has 1 aliphatic heterocycles. The number of nitrogens with zero attached hydrogens (tertiary/aromatic N) is 3. The number of hydrogen-bond acceptors (Lipinski definition) is 5. The highest BCUT2D eigenvalue weighted by atomic mass is 32.2. The molecule has 140 valence electrons. The van der Waals surface area contributed by atoms with Gasteiger partial charge in [0.05, 0.1) is 11.3 Å². The summed E-state index contributed by atoms with van der Waals surface area (Å²) in [5, 5.41) is 3.61. The summed E-state index contributed by atoms with van der Waals surface area (Å²) in [7, 11) is 0. The molecule has 0 spiro atoms. The second-order valence-electron chi connectivity index (χ2n) is 6.27. The molecule has 2 amide bonds.